The summed E-state index contributed by atoms with van der Waals surface area (Å²) in [6.07, 6.45) is 5.68. The molecule has 8 nitrogen and oxygen atoms in total. The number of rotatable bonds is 3. The van der Waals surface area contributed by atoms with E-state index in [9.17, 15) is 9.59 Å². The number of nitrogens with zero attached hydrogens (tertiary/aromatic N) is 3. The van der Waals surface area contributed by atoms with Crippen molar-refractivity contribution in [1.29, 1.82) is 0 Å². The number of carbonyl (C=O) groups excluding carboxylic acids is 2. The molecule has 3 aromatic rings. The van der Waals surface area contributed by atoms with Crippen molar-refractivity contribution in [1.82, 2.24) is 14.5 Å². The van der Waals surface area contributed by atoms with Gasteiger partial charge in [-0.25, -0.2) is 9.59 Å². The molecule has 0 saturated carbocycles. The Kier molecular flexibility index (Phi) is 5.77. The number of pyridine rings is 1. The maximum atomic E-state index is 13.3. The van der Waals surface area contributed by atoms with E-state index < -0.39 is 5.60 Å². The number of hydrogen-bond donors (Lipinski definition) is 0. The summed E-state index contributed by atoms with van der Waals surface area (Å²) in [6, 6.07) is 11.2. The predicted octanol–water partition coefficient (Wildman–Crippen LogP) is 4.35. The van der Waals surface area contributed by atoms with Crippen LogP contribution < -0.4 is 0 Å². The molecule has 2 aliphatic rings. The van der Waals surface area contributed by atoms with Gasteiger partial charge in [-0.15, -0.1) is 0 Å². The molecule has 34 heavy (non-hydrogen) atoms. The highest BCUT2D eigenvalue weighted by atomic mass is 16.6. The lowest BCUT2D eigenvalue weighted by Gasteiger charge is -2.47. The average Bonchev–Trinajstić information content (AvgIpc) is 3.18. The predicted molar refractivity (Wildman–Crippen MR) is 126 cm³/mol. The molecule has 1 amide bonds. The Morgan fingerprint density at radius 3 is 2.47 bits per heavy atom. The topological polar surface area (TPSA) is 82.9 Å². The van der Waals surface area contributed by atoms with Crippen LogP contribution >= 0.6 is 0 Å². The first-order valence-electron chi connectivity index (χ1n) is 11.6. The van der Waals surface area contributed by atoms with Gasteiger partial charge in [-0.05, 0) is 39.0 Å². The van der Waals surface area contributed by atoms with Gasteiger partial charge in [0.05, 0.1) is 48.3 Å². The quantitative estimate of drug-likeness (QED) is 0.537. The molecule has 0 unspecified atom stereocenters. The third-order valence-corrected chi connectivity index (χ3v) is 6.21. The number of benzene rings is 1. The molecule has 8 heteroatoms. The first-order chi connectivity index (χ1) is 16.3. The van der Waals surface area contributed by atoms with Crippen LogP contribution in [0.1, 0.15) is 44.0 Å². The van der Waals surface area contributed by atoms with E-state index in [1.165, 1.54) is 0 Å². The number of fused-ring (bicyclic) bond motifs is 3. The van der Waals surface area contributed by atoms with Crippen molar-refractivity contribution >= 4 is 23.0 Å². The molecule has 0 spiro atoms. The fraction of sp³-hybridized carbons (Fsp3) is 0.423. The van der Waals surface area contributed by atoms with E-state index in [0.29, 0.717) is 31.6 Å². The van der Waals surface area contributed by atoms with Crippen molar-refractivity contribution in [3.05, 3.63) is 60.6 Å². The Morgan fingerprint density at radius 2 is 1.79 bits per heavy atom. The number of aromatic nitrogens is 2. The van der Waals surface area contributed by atoms with Crippen molar-refractivity contribution in [3.8, 4) is 5.69 Å². The largest absolute Gasteiger partial charge is 0.459 e. The summed E-state index contributed by atoms with van der Waals surface area (Å²) >= 11 is 0. The monoisotopic (exact) mass is 463 g/mol. The molecule has 0 radical (unpaired) electrons. The highest BCUT2D eigenvalue weighted by Crippen LogP contribution is 2.32. The number of ether oxygens (including phenoxy) is 3. The molecule has 4 heterocycles. The second kappa shape index (κ2) is 8.76. The summed E-state index contributed by atoms with van der Waals surface area (Å²) in [7, 11) is 0. The first kappa shape index (κ1) is 22.4. The molecule has 2 bridgehead atoms. The SMILES string of the molecule is CC(C)(C)OC(=O)N1[C@@H]2COC[C@@H]1CC(OC(=O)c1cn(-c3cccnc3)c3ccccc13)C2. The molecular formula is C26H29N3O5. The highest BCUT2D eigenvalue weighted by Gasteiger charge is 2.44. The zero-order chi connectivity index (χ0) is 23.9. The average molecular weight is 464 g/mol. The van der Waals surface area contributed by atoms with Gasteiger partial charge in [-0.2, -0.15) is 0 Å². The van der Waals surface area contributed by atoms with Gasteiger partial charge < -0.3 is 18.8 Å². The van der Waals surface area contributed by atoms with Crippen LogP contribution in [0.15, 0.2) is 55.0 Å². The summed E-state index contributed by atoms with van der Waals surface area (Å²) in [5.74, 6) is -0.367. The molecular weight excluding hydrogens is 434 g/mol. The summed E-state index contributed by atoms with van der Waals surface area (Å²) in [5, 5.41) is 0.825. The fourth-order valence-corrected chi connectivity index (χ4v) is 4.84. The van der Waals surface area contributed by atoms with Gasteiger partial charge in [-0.1, -0.05) is 18.2 Å². The zero-order valence-corrected chi connectivity index (χ0v) is 19.6. The Balaban J connectivity index is 1.36. The highest BCUT2D eigenvalue weighted by molar-refractivity contribution is 6.05. The van der Waals surface area contributed by atoms with Crippen molar-refractivity contribution in [2.75, 3.05) is 13.2 Å². The van der Waals surface area contributed by atoms with E-state index in [0.717, 1.165) is 16.6 Å². The molecule has 2 saturated heterocycles. The molecule has 0 aliphatic carbocycles. The van der Waals surface area contributed by atoms with E-state index in [4.69, 9.17) is 14.2 Å². The molecule has 178 valence electrons. The van der Waals surface area contributed by atoms with Crippen molar-refractivity contribution in [2.45, 2.75) is 57.4 Å². The maximum absolute atomic E-state index is 13.3. The molecule has 2 aromatic heterocycles. The normalized spacial score (nSPS) is 22.4. The van der Waals surface area contributed by atoms with Crippen molar-refractivity contribution < 1.29 is 23.8 Å². The summed E-state index contributed by atoms with van der Waals surface area (Å²) in [5.41, 5.74) is 1.72. The first-order valence-corrected chi connectivity index (χ1v) is 11.6. The number of esters is 1. The molecule has 2 atom stereocenters. The van der Waals surface area contributed by atoms with Crippen LogP contribution in [0.2, 0.25) is 0 Å². The van der Waals surface area contributed by atoms with Gasteiger partial charge in [0, 0.05) is 30.6 Å². The van der Waals surface area contributed by atoms with E-state index in [-0.39, 0.29) is 30.3 Å². The van der Waals surface area contributed by atoms with Gasteiger partial charge in [0.1, 0.15) is 11.7 Å². The van der Waals surface area contributed by atoms with Crippen LogP contribution in [0.4, 0.5) is 4.79 Å². The minimum Gasteiger partial charge on any atom is -0.459 e. The summed E-state index contributed by atoms with van der Waals surface area (Å²) in [4.78, 5) is 32.1. The van der Waals surface area contributed by atoms with Crippen LogP contribution in [0.5, 0.6) is 0 Å². The van der Waals surface area contributed by atoms with Gasteiger partial charge in [-0.3, -0.25) is 9.88 Å². The summed E-state index contributed by atoms with van der Waals surface area (Å²) < 4.78 is 19.3. The van der Waals surface area contributed by atoms with E-state index in [1.54, 1.807) is 17.3 Å². The van der Waals surface area contributed by atoms with E-state index in [1.807, 2.05) is 67.9 Å². The van der Waals surface area contributed by atoms with Crippen molar-refractivity contribution in [2.24, 2.45) is 0 Å². The Bertz CT molecular complexity index is 1190. The Labute approximate surface area is 198 Å². The van der Waals surface area contributed by atoms with Gasteiger partial charge in [0.2, 0.25) is 0 Å². The van der Waals surface area contributed by atoms with Crippen LogP contribution in [-0.2, 0) is 14.2 Å². The Hall–Kier alpha value is -3.39. The van der Waals surface area contributed by atoms with Gasteiger partial charge in [0.25, 0.3) is 0 Å². The third kappa shape index (κ3) is 4.37. The van der Waals surface area contributed by atoms with Crippen molar-refractivity contribution in [3.63, 3.8) is 0 Å². The number of hydrogen-bond acceptors (Lipinski definition) is 6. The summed E-state index contributed by atoms with van der Waals surface area (Å²) in [6.45, 7) is 6.38. The fourth-order valence-electron chi connectivity index (χ4n) is 4.84. The number of amides is 1. The minimum absolute atomic E-state index is 0.183. The molecule has 0 N–H and O–H groups in total. The second-order valence-electron chi connectivity index (χ2n) is 9.87. The lowest BCUT2D eigenvalue weighted by Crippen LogP contribution is -2.61. The van der Waals surface area contributed by atoms with Gasteiger partial charge >= 0.3 is 12.1 Å². The standard InChI is InChI=1S/C26H29N3O5/c1-26(2,3)34-25(31)29-18-11-20(12-19(29)16-32-15-18)33-24(30)22-14-28(17-7-6-10-27-13-17)23-9-5-4-8-21(22)23/h4-10,13-14,18-20H,11-12,15-16H2,1-3H3/t18-,19-/m0/s1. The smallest absolute Gasteiger partial charge is 0.410 e. The second-order valence-corrected chi connectivity index (χ2v) is 9.87. The zero-order valence-electron chi connectivity index (χ0n) is 19.6. The van der Waals surface area contributed by atoms with Crippen LogP contribution in [0.25, 0.3) is 16.6 Å². The molecule has 5 rings (SSSR count). The number of piperidine rings is 1. The lowest BCUT2D eigenvalue weighted by atomic mass is 9.92. The lowest BCUT2D eigenvalue weighted by molar-refractivity contribution is -0.106. The number of carbonyl (C=O) groups is 2. The minimum atomic E-state index is -0.571. The van der Waals surface area contributed by atoms with Gasteiger partial charge in [0.15, 0.2) is 0 Å². The molecule has 2 aliphatic heterocycles. The maximum Gasteiger partial charge on any atom is 0.410 e. The Morgan fingerprint density at radius 1 is 1.06 bits per heavy atom. The van der Waals surface area contributed by atoms with E-state index >= 15 is 0 Å². The van der Waals surface area contributed by atoms with Crippen LogP contribution in [0.3, 0.4) is 0 Å². The third-order valence-electron chi connectivity index (χ3n) is 6.21. The van der Waals surface area contributed by atoms with Crippen LogP contribution in [-0.4, -0.2) is 63.5 Å². The molecule has 2 fully saturated rings. The molecule has 1 aromatic carbocycles. The number of morpholine rings is 1. The number of para-hydroxylation sites is 1. The van der Waals surface area contributed by atoms with E-state index in [2.05, 4.69) is 4.98 Å². The van der Waals surface area contributed by atoms with Crippen LogP contribution in [0, 0.1) is 0 Å².